The topological polar surface area (TPSA) is 0 Å². The van der Waals surface area contributed by atoms with Crippen LogP contribution >= 0.6 is 0 Å². The summed E-state index contributed by atoms with van der Waals surface area (Å²) in [6.45, 7) is 4.43. The molecule has 0 heterocycles. The fourth-order valence-electron chi connectivity index (χ4n) is 1.94. The van der Waals surface area contributed by atoms with Crippen LogP contribution in [0, 0.1) is 5.92 Å². The van der Waals surface area contributed by atoms with Crippen molar-refractivity contribution >= 4 is 0 Å². The van der Waals surface area contributed by atoms with Crippen molar-refractivity contribution in [1.29, 1.82) is 0 Å². The molecule has 0 aromatic heterocycles. The van der Waals surface area contributed by atoms with Gasteiger partial charge in [0.1, 0.15) is 0 Å². The van der Waals surface area contributed by atoms with E-state index in [0.717, 1.165) is 5.92 Å². The molecule has 0 aliphatic heterocycles. The molecule has 0 saturated heterocycles. The first kappa shape index (κ1) is 6.90. The zero-order valence-electron chi connectivity index (χ0n) is 7.22. The van der Waals surface area contributed by atoms with E-state index in [-0.39, 0.29) is 0 Å². The van der Waals surface area contributed by atoms with Crippen LogP contribution in [0.15, 0.2) is 34.9 Å². The van der Waals surface area contributed by atoms with Crippen LogP contribution in [0.25, 0.3) is 0 Å². The SMILES string of the molecule is CC(C)=C1CC2CC=CC=C12. The van der Waals surface area contributed by atoms with Crippen molar-refractivity contribution in [3.63, 3.8) is 0 Å². The van der Waals surface area contributed by atoms with E-state index in [1.54, 1.807) is 11.1 Å². The van der Waals surface area contributed by atoms with Gasteiger partial charge in [0, 0.05) is 0 Å². The third-order valence-electron chi connectivity index (χ3n) is 2.67. The Morgan fingerprint density at radius 3 is 2.91 bits per heavy atom. The predicted octanol–water partition coefficient (Wildman–Crippen LogP) is 3.23. The monoisotopic (exact) mass is 146 g/mol. The van der Waals surface area contributed by atoms with Crippen LogP contribution in [-0.2, 0) is 0 Å². The van der Waals surface area contributed by atoms with E-state index in [9.17, 15) is 0 Å². The van der Waals surface area contributed by atoms with E-state index < -0.39 is 0 Å². The van der Waals surface area contributed by atoms with Gasteiger partial charge in [0.25, 0.3) is 0 Å². The van der Waals surface area contributed by atoms with Crippen LogP contribution < -0.4 is 0 Å². The van der Waals surface area contributed by atoms with Gasteiger partial charge in [-0.1, -0.05) is 23.8 Å². The molecule has 11 heavy (non-hydrogen) atoms. The molecule has 0 radical (unpaired) electrons. The first-order valence-corrected chi connectivity index (χ1v) is 4.32. The van der Waals surface area contributed by atoms with Crippen molar-refractivity contribution in [3.8, 4) is 0 Å². The highest BCUT2D eigenvalue weighted by Crippen LogP contribution is 2.44. The highest BCUT2D eigenvalue weighted by molar-refractivity contribution is 5.48. The molecule has 0 heteroatoms. The second-order valence-corrected chi connectivity index (χ2v) is 3.67. The van der Waals surface area contributed by atoms with Gasteiger partial charge in [-0.15, -0.1) is 0 Å². The summed E-state index contributed by atoms with van der Waals surface area (Å²) in [4.78, 5) is 0. The second-order valence-electron chi connectivity index (χ2n) is 3.67. The molecular weight excluding hydrogens is 132 g/mol. The summed E-state index contributed by atoms with van der Waals surface area (Å²) < 4.78 is 0. The number of rotatable bonds is 0. The van der Waals surface area contributed by atoms with Crippen LogP contribution in [0.2, 0.25) is 0 Å². The molecule has 1 fully saturated rings. The van der Waals surface area contributed by atoms with Gasteiger partial charge in [0.05, 0.1) is 0 Å². The van der Waals surface area contributed by atoms with Gasteiger partial charge < -0.3 is 0 Å². The molecule has 2 rings (SSSR count). The zero-order chi connectivity index (χ0) is 7.84. The largest absolute Gasteiger partial charge is 0.0839 e. The van der Waals surface area contributed by atoms with Gasteiger partial charge in [0.2, 0.25) is 0 Å². The molecule has 0 N–H and O–H groups in total. The Bertz CT molecular complexity index is 260. The fraction of sp³-hybridized carbons (Fsp3) is 0.455. The standard InChI is InChI=1S/C11H14/c1-8(2)11-7-9-5-3-4-6-10(9)11/h3-4,6,9H,5,7H2,1-2H3. The molecule has 1 unspecified atom stereocenters. The first-order chi connectivity index (χ1) is 5.29. The summed E-state index contributed by atoms with van der Waals surface area (Å²) in [5, 5.41) is 0. The molecule has 1 saturated carbocycles. The maximum absolute atomic E-state index is 2.28. The lowest BCUT2D eigenvalue weighted by atomic mass is 9.69. The predicted molar refractivity (Wildman–Crippen MR) is 48.3 cm³/mol. The number of hydrogen-bond donors (Lipinski definition) is 0. The van der Waals surface area contributed by atoms with Crippen molar-refractivity contribution in [1.82, 2.24) is 0 Å². The second kappa shape index (κ2) is 2.37. The minimum Gasteiger partial charge on any atom is -0.0839 e. The van der Waals surface area contributed by atoms with Crippen LogP contribution in [0.1, 0.15) is 26.7 Å². The van der Waals surface area contributed by atoms with Crippen LogP contribution in [0.5, 0.6) is 0 Å². The lowest BCUT2D eigenvalue weighted by molar-refractivity contribution is 0.532. The Hall–Kier alpha value is -0.780. The molecule has 0 bridgehead atoms. The van der Waals surface area contributed by atoms with Crippen LogP contribution in [-0.4, -0.2) is 0 Å². The summed E-state index contributed by atoms with van der Waals surface area (Å²) in [5.41, 5.74) is 4.72. The van der Waals surface area contributed by atoms with Crippen molar-refractivity contribution in [3.05, 3.63) is 34.9 Å². The quantitative estimate of drug-likeness (QED) is 0.492. The lowest BCUT2D eigenvalue weighted by Crippen LogP contribution is -2.20. The van der Waals surface area contributed by atoms with Gasteiger partial charge in [-0.2, -0.15) is 0 Å². The van der Waals surface area contributed by atoms with Gasteiger partial charge in [0.15, 0.2) is 0 Å². The highest BCUT2D eigenvalue weighted by atomic mass is 14.3. The first-order valence-electron chi connectivity index (χ1n) is 4.32. The Labute approximate surface area is 68.3 Å². The maximum Gasteiger partial charge on any atom is -0.00840 e. The molecule has 2 aliphatic rings. The Kier molecular flexibility index (Phi) is 1.49. The zero-order valence-corrected chi connectivity index (χ0v) is 7.22. The number of allylic oxidation sites excluding steroid dienone is 6. The Morgan fingerprint density at radius 1 is 1.45 bits per heavy atom. The van der Waals surface area contributed by atoms with E-state index in [0.29, 0.717) is 0 Å². The summed E-state index contributed by atoms with van der Waals surface area (Å²) in [7, 11) is 0. The lowest BCUT2D eigenvalue weighted by Gasteiger charge is -2.35. The molecule has 0 spiro atoms. The van der Waals surface area contributed by atoms with Crippen molar-refractivity contribution < 1.29 is 0 Å². The van der Waals surface area contributed by atoms with Crippen LogP contribution in [0.4, 0.5) is 0 Å². The molecule has 1 atom stereocenters. The van der Waals surface area contributed by atoms with E-state index in [1.807, 2.05) is 0 Å². The third kappa shape index (κ3) is 0.973. The summed E-state index contributed by atoms with van der Waals surface area (Å²) in [6.07, 6.45) is 9.32. The van der Waals surface area contributed by atoms with Crippen molar-refractivity contribution in [2.75, 3.05) is 0 Å². The van der Waals surface area contributed by atoms with Crippen molar-refractivity contribution in [2.45, 2.75) is 26.7 Å². The minimum atomic E-state index is 0.866. The maximum atomic E-state index is 2.28. The Morgan fingerprint density at radius 2 is 2.27 bits per heavy atom. The highest BCUT2D eigenvalue weighted by Gasteiger charge is 2.29. The average molecular weight is 146 g/mol. The molecule has 0 aromatic rings. The normalized spacial score (nSPS) is 27.3. The minimum absolute atomic E-state index is 0.866. The van der Waals surface area contributed by atoms with Gasteiger partial charge >= 0.3 is 0 Å². The molecule has 0 amide bonds. The average Bonchev–Trinajstić information content (AvgIpc) is 1.90. The summed E-state index contributed by atoms with van der Waals surface area (Å²) in [5.74, 6) is 0.866. The molecule has 0 aromatic carbocycles. The van der Waals surface area contributed by atoms with Gasteiger partial charge in [-0.05, 0) is 43.8 Å². The molecule has 58 valence electrons. The number of fused-ring (bicyclic) bond motifs is 1. The molecule has 2 aliphatic carbocycles. The van der Waals surface area contributed by atoms with E-state index in [1.165, 1.54) is 18.4 Å². The van der Waals surface area contributed by atoms with E-state index >= 15 is 0 Å². The third-order valence-corrected chi connectivity index (χ3v) is 2.67. The van der Waals surface area contributed by atoms with Crippen molar-refractivity contribution in [2.24, 2.45) is 5.92 Å². The van der Waals surface area contributed by atoms with Gasteiger partial charge in [-0.3, -0.25) is 0 Å². The smallest absolute Gasteiger partial charge is 0.00840 e. The van der Waals surface area contributed by atoms with E-state index in [4.69, 9.17) is 0 Å². The fourth-order valence-corrected chi connectivity index (χ4v) is 1.94. The number of hydrogen-bond acceptors (Lipinski definition) is 0. The van der Waals surface area contributed by atoms with Crippen LogP contribution in [0.3, 0.4) is 0 Å². The molecule has 0 nitrogen and oxygen atoms in total. The molecular formula is C11H14. The van der Waals surface area contributed by atoms with Gasteiger partial charge in [-0.25, -0.2) is 0 Å². The summed E-state index contributed by atoms with van der Waals surface area (Å²) in [6, 6.07) is 0. The van der Waals surface area contributed by atoms with E-state index in [2.05, 4.69) is 32.1 Å². The summed E-state index contributed by atoms with van der Waals surface area (Å²) >= 11 is 0. The Balaban J connectivity index is 2.30.